The van der Waals surface area contributed by atoms with Crippen molar-refractivity contribution in [2.45, 2.75) is 29.5 Å². The lowest BCUT2D eigenvalue weighted by atomic mass is 9.50. The molecule has 1 fully saturated rings. The summed E-state index contributed by atoms with van der Waals surface area (Å²) >= 11 is 0. The summed E-state index contributed by atoms with van der Waals surface area (Å²) in [6.07, 6.45) is -4.81. The lowest BCUT2D eigenvalue weighted by Crippen LogP contribution is -2.78. The van der Waals surface area contributed by atoms with Gasteiger partial charge in [-0.15, -0.1) is 0 Å². The number of hydrogen-bond donors (Lipinski definition) is 6. The van der Waals surface area contributed by atoms with E-state index < -0.39 is 81.5 Å². The van der Waals surface area contributed by atoms with Crippen LogP contribution in [0.2, 0.25) is 0 Å². The number of aromatic hydroxyl groups is 1. The molecule has 2 unspecified atom stereocenters. The molecule has 0 aromatic heterocycles. The molecule has 10 nitrogen and oxygen atoms in total. The molecule has 1 aromatic carbocycles. The predicted octanol–water partition coefficient (Wildman–Crippen LogP) is -1.18. The Morgan fingerprint density at radius 1 is 1.21 bits per heavy atom. The second kappa shape index (κ2) is 6.94. The summed E-state index contributed by atoms with van der Waals surface area (Å²) < 4.78 is 16.7. The maximum atomic E-state index is 16.7. The van der Waals surface area contributed by atoms with Gasteiger partial charge in [0, 0.05) is 5.92 Å². The number of ketones is 2. The SMILES string of the molecule is C=C1c2cccc(O)c2C(=O)C2(F)C(O)[C@]3(O)C(O)=C(C(N)=O)C(=O)[C@@H](N(C)C)[C@@H]3[C@@H](O)[C@H]12. The molecule has 7 atom stereocenters. The first-order valence-electron chi connectivity index (χ1n) is 10.0. The summed E-state index contributed by atoms with van der Waals surface area (Å²) in [5.74, 6) is -9.65. The van der Waals surface area contributed by atoms with Crippen molar-refractivity contribution in [1.82, 2.24) is 4.90 Å². The van der Waals surface area contributed by atoms with Crippen LogP contribution in [0, 0.1) is 11.8 Å². The zero-order valence-electron chi connectivity index (χ0n) is 17.7. The van der Waals surface area contributed by atoms with Crippen LogP contribution >= 0.6 is 0 Å². The molecule has 0 spiro atoms. The van der Waals surface area contributed by atoms with Crippen molar-refractivity contribution < 1.29 is 44.3 Å². The molecule has 33 heavy (non-hydrogen) atoms. The number of nitrogens with two attached hydrogens (primary N) is 1. The molecule has 0 aliphatic heterocycles. The van der Waals surface area contributed by atoms with Crippen LogP contribution in [0.5, 0.6) is 5.75 Å². The van der Waals surface area contributed by atoms with Crippen molar-refractivity contribution in [3.63, 3.8) is 0 Å². The van der Waals surface area contributed by atoms with E-state index in [1.165, 1.54) is 31.1 Å². The maximum Gasteiger partial charge on any atom is 0.255 e. The number of hydrogen-bond acceptors (Lipinski definition) is 9. The molecule has 0 saturated heterocycles. The highest BCUT2D eigenvalue weighted by atomic mass is 19.1. The molecule has 0 bridgehead atoms. The maximum absolute atomic E-state index is 16.7. The van der Waals surface area contributed by atoms with Crippen molar-refractivity contribution in [3.05, 3.63) is 47.2 Å². The monoisotopic (exact) mass is 462 g/mol. The summed E-state index contributed by atoms with van der Waals surface area (Å²) in [4.78, 5) is 39.5. The van der Waals surface area contributed by atoms with E-state index in [0.717, 1.165) is 6.07 Å². The zero-order chi connectivity index (χ0) is 24.8. The van der Waals surface area contributed by atoms with E-state index >= 15 is 4.39 Å². The first-order valence-corrected chi connectivity index (χ1v) is 10.0. The van der Waals surface area contributed by atoms with Gasteiger partial charge in [0.05, 0.1) is 23.6 Å². The number of fused-ring (bicyclic) bond motifs is 3. The van der Waals surface area contributed by atoms with Gasteiger partial charge in [0.25, 0.3) is 5.91 Å². The van der Waals surface area contributed by atoms with Gasteiger partial charge in [-0.25, -0.2) is 4.39 Å². The van der Waals surface area contributed by atoms with Crippen LogP contribution in [-0.4, -0.2) is 91.5 Å². The normalized spacial score (nSPS) is 38.2. The molecular formula is C22H23FN2O8. The average Bonchev–Trinajstić information content (AvgIpc) is 2.72. The quantitative estimate of drug-likeness (QED) is 0.295. The van der Waals surface area contributed by atoms with Crippen molar-refractivity contribution in [1.29, 1.82) is 0 Å². The number of aliphatic hydroxyl groups excluding tert-OH is 3. The smallest absolute Gasteiger partial charge is 0.255 e. The van der Waals surface area contributed by atoms with Crippen LogP contribution in [0.1, 0.15) is 15.9 Å². The van der Waals surface area contributed by atoms with E-state index in [4.69, 9.17) is 5.73 Å². The highest BCUT2D eigenvalue weighted by Gasteiger charge is 2.76. The van der Waals surface area contributed by atoms with Gasteiger partial charge in [-0.05, 0) is 31.3 Å². The molecule has 1 saturated carbocycles. The number of alkyl halides is 1. The summed E-state index contributed by atoms with van der Waals surface area (Å²) in [5.41, 5.74) is -3.17. The van der Waals surface area contributed by atoms with Gasteiger partial charge in [0.15, 0.2) is 11.4 Å². The Morgan fingerprint density at radius 2 is 1.82 bits per heavy atom. The van der Waals surface area contributed by atoms with Crippen molar-refractivity contribution in [2.24, 2.45) is 17.6 Å². The topological polar surface area (TPSA) is 182 Å². The average molecular weight is 462 g/mol. The highest BCUT2D eigenvalue weighted by molar-refractivity contribution is 6.22. The fourth-order valence-corrected chi connectivity index (χ4v) is 5.66. The number of benzene rings is 1. The Hall–Kier alpha value is -3.12. The summed E-state index contributed by atoms with van der Waals surface area (Å²) in [6, 6.07) is 2.32. The van der Waals surface area contributed by atoms with E-state index in [9.17, 15) is 39.9 Å². The third-order valence-electron chi connectivity index (χ3n) is 7.10. The second-order valence-corrected chi connectivity index (χ2v) is 8.90. The molecule has 0 heterocycles. The number of nitrogens with zero attached hydrogens (tertiary/aromatic N) is 1. The molecule has 4 rings (SSSR count). The second-order valence-electron chi connectivity index (χ2n) is 8.90. The predicted molar refractivity (Wildman–Crippen MR) is 111 cm³/mol. The number of amides is 1. The van der Waals surface area contributed by atoms with E-state index in [2.05, 4.69) is 6.58 Å². The number of halogens is 1. The zero-order valence-corrected chi connectivity index (χ0v) is 17.7. The van der Waals surface area contributed by atoms with E-state index in [-0.39, 0.29) is 11.1 Å². The van der Waals surface area contributed by atoms with E-state index in [1.54, 1.807) is 0 Å². The molecular weight excluding hydrogens is 439 g/mol. The minimum atomic E-state index is -3.48. The molecule has 3 aliphatic carbocycles. The standard InChI is InChI=1S/C22H23FN2O8/c1-7-8-5-4-6-9(26)10(8)17(29)21(23)12(7)16(28)13-14(25(2)3)15(27)11(19(24)31)18(30)22(13,33)20(21)32/h4-6,12-14,16,20,26,28,30,32-33H,1H2,2-3H3,(H2,24,31)/t12-,13+,14-,16-,20?,21?,22+/m0/s1. The van der Waals surface area contributed by atoms with Gasteiger partial charge in [0.1, 0.15) is 23.2 Å². The first kappa shape index (κ1) is 23.1. The van der Waals surface area contributed by atoms with E-state index in [0.29, 0.717) is 0 Å². The molecule has 0 radical (unpaired) electrons. The fourth-order valence-electron chi connectivity index (χ4n) is 5.66. The number of carbonyl (C=O) groups excluding carboxylic acids is 3. The Kier molecular flexibility index (Phi) is 4.85. The molecule has 1 aromatic rings. The number of primary amides is 1. The van der Waals surface area contributed by atoms with Crippen LogP contribution < -0.4 is 5.73 Å². The van der Waals surface area contributed by atoms with Crippen LogP contribution in [0.4, 0.5) is 4.39 Å². The molecule has 1 amide bonds. The first-order chi connectivity index (χ1) is 15.2. The molecule has 11 heteroatoms. The van der Waals surface area contributed by atoms with Gasteiger partial charge in [-0.2, -0.15) is 0 Å². The number of carbonyl (C=O) groups is 3. The summed E-state index contributed by atoms with van der Waals surface area (Å²) in [7, 11) is 2.74. The van der Waals surface area contributed by atoms with Crippen molar-refractivity contribution in [3.8, 4) is 5.75 Å². The van der Waals surface area contributed by atoms with Crippen LogP contribution in [0.25, 0.3) is 5.57 Å². The largest absolute Gasteiger partial charge is 0.508 e. The minimum Gasteiger partial charge on any atom is -0.508 e. The fraction of sp³-hybridized carbons (Fsp3) is 0.409. The Bertz CT molecular complexity index is 1160. The van der Waals surface area contributed by atoms with Gasteiger partial charge < -0.3 is 31.3 Å². The number of phenols is 1. The highest BCUT2D eigenvalue weighted by Crippen LogP contribution is 2.59. The number of aliphatic hydroxyl groups is 4. The van der Waals surface area contributed by atoms with Crippen LogP contribution in [0.3, 0.4) is 0 Å². The Labute approximate surface area is 187 Å². The molecule has 7 N–H and O–H groups in total. The van der Waals surface area contributed by atoms with Gasteiger partial charge in [0.2, 0.25) is 11.5 Å². The number of Topliss-reactive ketones (excluding diaryl/α,β-unsaturated/α-hetero) is 2. The third-order valence-corrected chi connectivity index (χ3v) is 7.10. The lowest BCUT2D eigenvalue weighted by Gasteiger charge is -2.59. The number of likely N-dealkylation sites (N-methyl/N-ethyl adjacent to an activating group) is 1. The molecule has 176 valence electrons. The Balaban J connectivity index is 2.06. The summed E-state index contributed by atoms with van der Waals surface area (Å²) in [5, 5.41) is 54.9. The van der Waals surface area contributed by atoms with E-state index in [1.807, 2.05) is 0 Å². The summed E-state index contributed by atoms with van der Waals surface area (Å²) in [6.45, 7) is 3.75. The van der Waals surface area contributed by atoms with Crippen LogP contribution in [-0.2, 0) is 9.59 Å². The van der Waals surface area contributed by atoms with Gasteiger partial charge >= 0.3 is 0 Å². The Morgan fingerprint density at radius 3 is 2.36 bits per heavy atom. The number of phenolic OH excluding ortho intramolecular Hbond substituents is 1. The van der Waals surface area contributed by atoms with Gasteiger partial charge in [-0.1, -0.05) is 18.7 Å². The minimum absolute atomic E-state index is 0.0242. The van der Waals surface area contributed by atoms with Crippen molar-refractivity contribution in [2.75, 3.05) is 14.1 Å². The molecule has 3 aliphatic rings. The van der Waals surface area contributed by atoms with Crippen molar-refractivity contribution >= 4 is 23.0 Å². The third kappa shape index (κ3) is 2.53. The number of rotatable bonds is 2. The lowest BCUT2D eigenvalue weighted by molar-refractivity contribution is -0.237. The van der Waals surface area contributed by atoms with Crippen LogP contribution in [0.15, 0.2) is 36.1 Å². The van der Waals surface area contributed by atoms with Gasteiger partial charge in [-0.3, -0.25) is 19.3 Å².